The quantitative estimate of drug-likeness (QED) is 0.111. The number of nitrogens with two attached hydrogens (primary N) is 1. The number of aromatic nitrogens is 4. The van der Waals surface area contributed by atoms with Crippen LogP contribution in [0.3, 0.4) is 0 Å². The van der Waals surface area contributed by atoms with Gasteiger partial charge in [-0.05, 0) is 27.7 Å². The summed E-state index contributed by atoms with van der Waals surface area (Å²) >= 11 is 0. The molecule has 4 N–H and O–H groups in total. The number of aliphatic carboxylic acids is 2. The van der Waals surface area contributed by atoms with Crippen LogP contribution in [0.5, 0.6) is 0 Å². The van der Waals surface area contributed by atoms with Crippen LogP contribution in [0.4, 0.5) is 15.4 Å². The highest BCUT2D eigenvalue weighted by molar-refractivity contribution is 7.53. The summed E-state index contributed by atoms with van der Waals surface area (Å²) in [4.78, 5) is 53.7. The molecule has 2 heterocycles. The fraction of sp³-hybridized carbons (Fsp3) is 0.500. The molecule has 0 atom stereocenters. The molecule has 2 aromatic rings. The lowest BCUT2D eigenvalue weighted by molar-refractivity contribution is -0.134. The van der Waals surface area contributed by atoms with Crippen LogP contribution in [0.15, 0.2) is 24.8 Å². The second kappa shape index (κ2) is 18.2. The summed E-state index contributed by atoms with van der Waals surface area (Å²) in [6.45, 7) is -1.97. The number of aryl methyl sites for hydroxylation is 1. The number of nitrogens with zero attached hydrogens (tertiary/aromatic N) is 4. The number of imidazole rings is 1. The first-order valence-corrected chi connectivity index (χ1v) is 13.2. The number of carbonyl (C=O) groups is 4. The first-order chi connectivity index (χ1) is 21.2. The van der Waals surface area contributed by atoms with E-state index in [1.165, 1.54) is 0 Å². The van der Waals surface area contributed by atoms with Gasteiger partial charge in [-0.2, -0.15) is 0 Å². The zero-order chi connectivity index (χ0) is 35.3. The number of carbonyl (C=O) groups excluding carboxylic acids is 2. The molecular formula is C22H32N5O14P. The molecule has 0 aliphatic carbocycles. The van der Waals surface area contributed by atoms with Gasteiger partial charge in [0.25, 0.3) is 0 Å². The molecule has 0 unspecified atom stereocenters. The lowest BCUT2D eigenvalue weighted by Gasteiger charge is -2.18. The number of hydrogen-bond donors (Lipinski definition) is 3. The third-order valence-electron chi connectivity index (χ3n) is 3.71. The first-order valence-electron chi connectivity index (χ1n) is 13.5. The van der Waals surface area contributed by atoms with Gasteiger partial charge in [0, 0.05) is 18.6 Å². The van der Waals surface area contributed by atoms with Crippen molar-refractivity contribution in [3.63, 3.8) is 0 Å². The Labute approximate surface area is 244 Å². The molecule has 42 heavy (non-hydrogen) atoms. The Bertz CT molecular complexity index is 1390. The van der Waals surface area contributed by atoms with E-state index in [-0.39, 0.29) is 17.0 Å². The number of carboxylic acids is 2. The SMILES string of the molecule is O=C(O)C=CC(=O)O.[2H]C([2H])(OCP(=O)(OCOC(=O)OC(C)C)OCOC(=O)OC(C)C)C([2H])([2H])n1cnc2c(N)ncnc21. The smallest absolute Gasteiger partial charge is 0.478 e. The van der Waals surface area contributed by atoms with Gasteiger partial charge >= 0.3 is 31.8 Å². The first kappa shape index (κ1) is 29.2. The maximum absolute atomic E-state index is 13.2. The maximum Gasteiger partial charge on any atom is 0.510 e. The van der Waals surface area contributed by atoms with Crippen molar-refractivity contribution in [2.24, 2.45) is 0 Å². The van der Waals surface area contributed by atoms with Gasteiger partial charge in [0.15, 0.2) is 11.5 Å². The van der Waals surface area contributed by atoms with E-state index in [1.807, 2.05) is 0 Å². The summed E-state index contributed by atoms with van der Waals surface area (Å²) in [5.74, 6) is -2.58. The lowest BCUT2D eigenvalue weighted by atomic mass is 10.5. The average molecular weight is 626 g/mol. The van der Waals surface area contributed by atoms with Gasteiger partial charge in [0.2, 0.25) is 13.6 Å². The Balaban J connectivity index is 0.00000116. The molecule has 20 heteroatoms. The van der Waals surface area contributed by atoms with Crippen LogP contribution in [0.1, 0.15) is 33.2 Å². The topological polar surface area (TPSA) is 260 Å². The number of anilines is 1. The fourth-order valence-corrected chi connectivity index (χ4v) is 3.02. The third kappa shape index (κ3) is 14.9. The second-order valence-electron chi connectivity index (χ2n) is 7.77. The highest BCUT2D eigenvalue weighted by Gasteiger charge is 2.27. The Hall–Kier alpha value is -4.32. The van der Waals surface area contributed by atoms with E-state index in [0.717, 1.165) is 12.7 Å². The van der Waals surface area contributed by atoms with E-state index in [2.05, 4.69) is 24.4 Å². The van der Waals surface area contributed by atoms with E-state index < -0.39 is 77.0 Å². The number of carboxylic acid groups (broad SMARTS) is 2. The Kier molecular flexibility index (Phi) is 12.6. The van der Waals surface area contributed by atoms with Crippen molar-refractivity contribution in [3.8, 4) is 0 Å². The minimum absolute atomic E-state index is 0.0142. The molecule has 19 nitrogen and oxygen atoms in total. The average Bonchev–Trinajstić information content (AvgIpc) is 3.37. The largest absolute Gasteiger partial charge is 0.510 e. The number of rotatable bonds is 15. The predicted octanol–water partition coefficient (Wildman–Crippen LogP) is 2.36. The van der Waals surface area contributed by atoms with Gasteiger partial charge in [0.1, 0.15) is 18.2 Å². The molecule has 0 aliphatic rings. The van der Waals surface area contributed by atoms with Gasteiger partial charge in [-0.15, -0.1) is 0 Å². The van der Waals surface area contributed by atoms with Crippen LogP contribution in [0.25, 0.3) is 11.2 Å². The normalized spacial score (nSPS) is 13.4. The highest BCUT2D eigenvalue weighted by Crippen LogP contribution is 2.48. The molecular weight excluding hydrogens is 589 g/mol. The van der Waals surface area contributed by atoms with Crippen molar-refractivity contribution in [2.45, 2.75) is 46.4 Å². The van der Waals surface area contributed by atoms with Gasteiger partial charge in [-0.3, -0.25) is 13.6 Å². The second-order valence-corrected chi connectivity index (χ2v) is 9.77. The van der Waals surface area contributed by atoms with Gasteiger partial charge in [-0.1, -0.05) is 0 Å². The van der Waals surface area contributed by atoms with Gasteiger partial charge in [0.05, 0.1) is 30.6 Å². The molecule has 0 aliphatic heterocycles. The molecule has 234 valence electrons. The fourth-order valence-electron chi connectivity index (χ4n) is 2.14. The molecule has 0 fully saturated rings. The molecule has 0 saturated carbocycles. The van der Waals surface area contributed by atoms with E-state index in [1.54, 1.807) is 27.7 Å². The van der Waals surface area contributed by atoms with Crippen molar-refractivity contribution in [3.05, 3.63) is 24.8 Å². The summed E-state index contributed by atoms with van der Waals surface area (Å²) in [6, 6.07) is 0. The van der Waals surface area contributed by atoms with Gasteiger partial charge < -0.3 is 44.2 Å². The minimum atomic E-state index is -4.56. The van der Waals surface area contributed by atoms with Crippen LogP contribution >= 0.6 is 7.60 Å². The van der Waals surface area contributed by atoms with Crippen LogP contribution in [-0.4, -0.2) is 92.7 Å². The van der Waals surface area contributed by atoms with E-state index in [0.29, 0.717) is 16.7 Å². The maximum atomic E-state index is 13.2. The Morgan fingerprint density at radius 1 is 0.976 bits per heavy atom. The number of hydrogen-bond acceptors (Lipinski definition) is 16. The van der Waals surface area contributed by atoms with Crippen molar-refractivity contribution >= 4 is 48.8 Å². The van der Waals surface area contributed by atoms with Crippen molar-refractivity contribution in [1.29, 1.82) is 0 Å². The molecule has 0 spiro atoms. The summed E-state index contributed by atoms with van der Waals surface area (Å²) in [5.41, 5.74) is 5.57. The summed E-state index contributed by atoms with van der Waals surface area (Å²) in [6.07, 6.45) is -1.50. The Morgan fingerprint density at radius 3 is 1.98 bits per heavy atom. The zero-order valence-electron chi connectivity index (χ0n) is 26.7. The van der Waals surface area contributed by atoms with Gasteiger partial charge in [-0.25, -0.2) is 34.1 Å². The molecule has 0 saturated heterocycles. The lowest BCUT2D eigenvalue weighted by Crippen LogP contribution is -2.17. The van der Waals surface area contributed by atoms with E-state index in [9.17, 15) is 23.7 Å². The van der Waals surface area contributed by atoms with Crippen LogP contribution in [-0.2, 0) is 53.4 Å². The zero-order valence-corrected chi connectivity index (χ0v) is 23.6. The molecule has 0 aromatic carbocycles. The molecule has 0 radical (unpaired) electrons. The molecule has 2 aromatic heterocycles. The highest BCUT2D eigenvalue weighted by atomic mass is 31.2. The number of fused-ring (bicyclic) bond motifs is 1. The van der Waals surface area contributed by atoms with E-state index in [4.69, 9.17) is 44.7 Å². The van der Waals surface area contributed by atoms with Crippen LogP contribution < -0.4 is 5.73 Å². The third-order valence-corrected chi connectivity index (χ3v) is 5.15. The molecule has 2 rings (SSSR count). The molecule has 0 amide bonds. The predicted molar refractivity (Wildman–Crippen MR) is 140 cm³/mol. The summed E-state index contributed by atoms with van der Waals surface area (Å²) in [5, 5.41) is 15.6. The van der Waals surface area contributed by atoms with Crippen LogP contribution in [0, 0.1) is 0 Å². The molecule has 0 bridgehead atoms. The number of ether oxygens (including phenoxy) is 5. The standard InChI is InChI=1S/C18H28N5O10P.C4H4O4/c1-12(2)32-17(24)28-9-30-34(26,31-10-29-18(25)33-13(3)4)11-27-6-5-23-8-22-14-15(19)20-7-21-16(14)23;5-3(6)1-2-4(7)8/h7-8,12-13H,5-6,9-11H2,1-4H3,(H2,19,20,21);1-2H,(H,5,6)(H,7,8)/i5D2,6D2;. The minimum Gasteiger partial charge on any atom is -0.478 e. The summed E-state index contributed by atoms with van der Waals surface area (Å²) < 4.78 is 80.4. The van der Waals surface area contributed by atoms with Crippen molar-refractivity contribution in [1.82, 2.24) is 19.5 Å². The van der Waals surface area contributed by atoms with Crippen LogP contribution in [0.2, 0.25) is 0 Å². The monoisotopic (exact) mass is 625 g/mol. The van der Waals surface area contributed by atoms with E-state index >= 15 is 0 Å². The number of nitrogen functional groups attached to an aromatic ring is 1. The van der Waals surface area contributed by atoms with Crippen molar-refractivity contribution < 1.29 is 72.2 Å². The van der Waals surface area contributed by atoms with Crippen molar-refractivity contribution in [2.75, 3.05) is 32.2 Å². The Morgan fingerprint density at radius 2 is 1.50 bits per heavy atom. The summed E-state index contributed by atoms with van der Waals surface area (Å²) in [7, 11) is -4.56.